The summed E-state index contributed by atoms with van der Waals surface area (Å²) < 4.78 is 0. The average molecular weight is 298 g/mol. The van der Waals surface area contributed by atoms with Crippen LogP contribution in [0, 0.1) is 17.8 Å². The first-order valence-corrected chi connectivity index (χ1v) is 8.09. The standard InChI is InChI=1S/C16H30N2O3/c1-11(2)13(6-8-17)4-5-15(19)18-9-7-14(16(20)21)10-12(18)3/h11-14H,4-10,17H2,1-3H3,(H,20,21). The number of carboxylic acids is 1. The van der Waals surface area contributed by atoms with Crippen LogP contribution >= 0.6 is 0 Å². The molecular weight excluding hydrogens is 268 g/mol. The average Bonchev–Trinajstić information content (AvgIpc) is 2.42. The second-order valence-electron chi connectivity index (χ2n) is 6.62. The molecule has 1 amide bonds. The minimum atomic E-state index is -0.739. The van der Waals surface area contributed by atoms with E-state index in [-0.39, 0.29) is 17.9 Å². The fourth-order valence-corrected chi connectivity index (χ4v) is 3.24. The maximum absolute atomic E-state index is 12.4. The summed E-state index contributed by atoms with van der Waals surface area (Å²) in [7, 11) is 0. The number of amides is 1. The molecule has 1 fully saturated rings. The van der Waals surface area contributed by atoms with E-state index in [4.69, 9.17) is 10.8 Å². The highest BCUT2D eigenvalue weighted by Crippen LogP contribution is 2.26. The lowest BCUT2D eigenvalue weighted by Gasteiger charge is -2.36. The number of nitrogens with zero attached hydrogens (tertiary/aromatic N) is 1. The van der Waals surface area contributed by atoms with Crippen LogP contribution in [0.3, 0.4) is 0 Å². The van der Waals surface area contributed by atoms with Gasteiger partial charge in [-0.2, -0.15) is 0 Å². The van der Waals surface area contributed by atoms with E-state index in [1.807, 2.05) is 11.8 Å². The Morgan fingerprint density at radius 3 is 2.48 bits per heavy atom. The van der Waals surface area contributed by atoms with E-state index in [2.05, 4.69) is 13.8 Å². The Balaban J connectivity index is 2.47. The Morgan fingerprint density at radius 1 is 1.33 bits per heavy atom. The highest BCUT2D eigenvalue weighted by Gasteiger charge is 2.32. The minimum absolute atomic E-state index is 0.0272. The predicted molar refractivity (Wildman–Crippen MR) is 82.8 cm³/mol. The van der Waals surface area contributed by atoms with Crippen molar-refractivity contribution in [2.75, 3.05) is 13.1 Å². The largest absolute Gasteiger partial charge is 0.481 e. The molecule has 0 aromatic rings. The molecule has 0 aliphatic carbocycles. The number of nitrogens with two attached hydrogens (primary N) is 1. The number of carbonyl (C=O) groups excluding carboxylic acids is 1. The van der Waals surface area contributed by atoms with Crippen LogP contribution in [0.2, 0.25) is 0 Å². The van der Waals surface area contributed by atoms with Gasteiger partial charge in [0.05, 0.1) is 5.92 Å². The number of hydrogen-bond acceptors (Lipinski definition) is 3. The summed E-state index contributed by atoms with van der Waals surface area (Å²) in [5.41, 5.74) is 5.63. The SMILES string of the molecule is CC(C)C(CCN)CCC(=O)N1CCC(C(=O)O)CC1C. The van der Waals surface area contributed by atoms with Crippen molar-refractivity contribution in [1.29, 1.82) is 0 Å². The third-order valence-electron chi connectivity index (χ3n) is 4.75. The second kappa shape index (κ2) is 8.37. The zero-order valence-electron chi connectivity index (χ0n) is 13.5. The van der Waals surface area contributed by atoms with Crippen LogP contribution in [-0.2, 0) is 9.59 Å². The van der Waals surface area contributed by atoms with Gasteiger partial charge in [-0.3, -0.25) is 9.59 Å². The summed E-state index contributed by atoms with van der Waals surface area (Å²) in [5, 5.41) is 9.06. The molecule has 3 atom stereocenters. The van der Waals surface area contributed by atoms with Crippen molar-refractivity contribution in [3.05, 3.63) is 0 Å². The van der Waals surface area contributed by atoms with E-state index in [1.54, 1.807) is 0 Å². The highest BCUT2D eigenvalue weighted by atomic mass is 16.4. The first kappa shape index (κ1) is 18.0. The van der Waals surface area contributed by atoms with Gasteiger partial charge in [-0.25, -0.2) is 0 Å². The summed E-state index contributed by atoms with van der Waals surface area (Å²) in [6.45, 7) is 7.53. The van der Waals surface area contributed by atoms with E-state index in [9.17, 15) is 9.59 Å². The molecule has 0 radical (unpaired) electrons. The second-order valence-corrected chi connectivity index (χ2v) is 6.62. The molecule has 1 rings (SSSR count). The molecule has 1 aliphatic heterocycles. The van der Waals surface area contributed by atoms with E-state index < -0.39 is 5.97 Å². The lowest BCUT2D eigenvalue weighted by atomic mass is 9.87. The maximum atomic E-state index is 12.4. The van der Waals surface area contributed by atoms with E-state index >= 15 is 0 Å². The third-order valence-corrected chi connectivity index (χ3v) is 4.75. The molecule has 1 saturated heterocycles. The van der Waals surface area contributed by atoms with Gasteiger partial charge in [-0.1, -0.05) is 13.8 Å². The van der Waals surface area contributed by atoms with Crippen LogP contribution in [0.5, 0.6) is 0 Å². The molecule has 3 unspecified atom stereocenters. The number of piperidine rings is 1. The first-order valence-electron chi connectivity index (χ1n) is 8.09. The number of likely N-dealkylation sites (tertiary alicyclic amines) is 1. The molecule has 1 heterocycles. The van der Waals surface area contributed by atoms with Crippen molar-refractivity contribution in [2.45, 2.75) is 58.9 Å². The Bertz CT molecular complexity index is 357. The van der Waals surface area contributed by atoms with Gasteiger partial charge >= 0.3 is 5.97 Å². The van der Waals surface area contributed by atoms with Crippen LogP contribution in [0.25, 0.3) is 0 Å². The smallest absolute Gasteiger partial charge is 0.306 e. The van der Waals surface area contributed by atoms with Crippen molar-refractivity contribution < 1.29 is 14.7 Å². The molecular formula is C16H30N2O3. The zero-order valence-corrected chi connectivity index (χ0v) is 13.5. The van der Waals surface area contributed by atoms with E-state index in [0.717, 1.165) is 12.8 Å². The van der Waals surface area contributed by atoms with Crippen molar-refractivity contribution in [3.8, 4) is 0 Å². The van der Waals surface area contributed by atoms with E-state index in [0.29, 0.717) is 44.2 Å². The van der Waals surface area contributed by atoms with E-state index in [1.165, 1.54) is 0 Å². The molecule has 0 saturated carbocycles. The molecule has 122 valence electrons. The molecule has 5 nitrogen and oxygen atoms in total. The van der Waals surface area contributed by atoms with Gasteiger partial charge in [0.1, 0.15) is 0 Å². The van der Waals surface area contributed by atoms with Gasteiger partial charge in [-0.05, 0) is 51.0 Å². The monoisotopic (exact) mass is 298 g/mol. The number of aliphatic carboxylic acids is 1. The van der Waals surface area contributed by atoms with Gasteiger partial charge in [0, 0.05) is 19.0 Å². The normalized spacial score (nSPS) is 24.1. The van der Waals surface area contributed by atoms with Crippen LogP contribution in [0.1, 0.15) is 52.9 Å². The van der Waals surface area contributed by atoms with Gasteiger partial charge in [0.2, 0.25) is 5.91 Å². The Kier molecular flexibility index (Phi) is 7.15. The summed E-state index contributed by atoms with van der Waals surface area (Å²) in [4.78, 5) is 25.2. The number of hydrogen-bond donors (Lipinski definition) is 2. The molecule has 1 aliphatic rings. The van der Waals surface area contributed by atoms with Crippen molar-refractivity contribution in [2.24, 2.45) is 23.5 Å². The lowest BCUT2D eigenvalue weighted by Crippen LogP contribution is -2.46. The Morgan fingerprint density at radius 2 is 2.00 bits per heavy atom. The number of carboxylic acid groups (broad SMARTS) is 1. The van der Waals surface area contributed by atoms with Gasteiger partial charge in [0.25, 0.3) is 0 Å². The van der Waals surface area contributed by atoms with Gasteiger partial charge in [-0.15, -0.1) is 0 Å². The zero-order chi connectivity index (χ0) is 16.0. The number of carbonyl (C=O) groups is 2. The fourth-order valence-electron chi connectivity index (χ4n) is 3.24. The summed E-state index contributed by atoms with van der Waals surface area (Å²) in [6.07, 6.45) is 3.52. The topological polar surface area (TPSA) is 83.6 Å². The highest BCUT2D eigenvalue weighted by molar-refractivity contribution is 5.77. The summed E-state index contributed by atoms with van der Waals surface area (Å²) in [6, 6.07) is 0.0272. The van der Waals surface area contributed by atoms with Crippen molar-refractivity contribution >= 4 is 11.9 Å². The summed E-state index contributed by atoms with van der Waals surface area (Å²) in [5.74, 6) is 0.151. The van der Waals surface area contributed by atoms with Gasteiger partial charge in [0.15, 0.2) is 0 Å². The van der Waals surface area contributed by atoms with Crippen molar-refractivity contribution in [1.82, 2.24) is 4.90 Å². The molecule has 21 heavy (non-hydrogen) atoms. The van der Waals surface area contributed by atoms with Crippen LogP contribution < -0.4 is 5.73 Å². The predicted octanol–water partition coefficient (Wildman–Crippen LogP) is 2.10. The maximum Gasteiger partial charge on any atom is 0.306 e. The third kappa shape index (κ3) is 5.30. The molecule has 5 heteroatoms. The van der Waals surface area contributed by atoms with Crippen molar-refractivity contribution in [3.63, 3.8) is 0 Å². The van der Waals surface area contributed by atoms with Crippen LogP contribution in [0.15, 0.2) is 0 Å². The Labute approximate surface area is 127 Å². The quantitative estimate of drug-likeness (QED) is 0.754. The Hall–Kier alpha value is -1.10. The minimum Gasteiger partial charge on any atom is -0.481 e. The molecule has 0 bridgehead atoms. The number of rotatable bonds is 7. The lowest BCUT2D eigenvalue weighted by molar-refractivity contribution is -0.147. The molecule has 0 aromatic carbocycles. The van der Waals surface area contributed by atoms with Gasteiger partial charge < -0.3 is 15.7 Å². The fraction of sp³-hybridized carbons (Fsp3) is 0.875. The molecule has 0 aromatic heterocycles. The molecule has 0 spiro atoms. The van der Waals surface area contributed by atoms with Crippen LogP contribution in [0.4, 0.5) is 0 Å². The summed E-state index contributed by atoms with van der Waals surface area (Å²) >= 11 is 0. The van der Waals surface area contributed by atoms with Crippen LogP contribution in [-0.4, -0.2) is 41.0 Å². The molecule has 3 N–H and O–H groups in total. The first-order chi connectivity index (χ1) is 9.86.